The molecule has 5 aromatic carbocycles. The maximum absolute atomic E-state index is 2.36. The van der Waals surface area contributed by atoms with Crippen molar-refractivity contribution in [2.75, 3.05) is 0 Å². The third-order valence-corrected chi connectivity index (χ3v) is 5.37. The van der Waals surface area contributed by atoms with Crippen molar-refractivity contribution >= 4 is 0 Å². The van der Waals surface area contributed by atoms with Crippen LogP contribution in [0.1, 0.15) is 0 Å². The molecule has 0 aliphatic heterocycles. The number of hydrogen-bond acceptors (Lipinski definition) is 0. The van der Waals surface area contributed by atoms with Crippen LogP contribution >= 0.6 is 0 Å². The van der Waals surface area contributed by atoms with Gasteiger partial charge < -0.3 is 0 Å². The molecule has 0 saturated heterocycles. The zero-order valence-electron chi connectivity index (χ0n) is 17.1. The monoisotopic (exact) mass is 408 g/mol. The molecule has 0 atom stereocenters. The summed E-state index contributed by atoms with van der Waals surface area (Å²) in [7, 11) is 0. The van der Waals surface area contributed by atoms with E-state index < -0.39 is 0 Å². The van der Waals surface area contributed by atoms with Crippen molar-refractivity contribution in [3.05, 3.63) is 127 Å². The van der Waals surface area contributed by atoms with Gasteiger partial charge in [0.2, 0.25) is 0 Å². The molecule has 0 spiro atoms. The van der Waals surface area contributed by atoms with Crippen molar-refractivity contribution in [2.24, 2.45) is 0 Å². The van der Waals surface area contributed by atoms with Gasteiger partial charge in [-0.05, 0) is 0 Å². The average Bonchev–Trinajstić information content (AvgIpc) is 3.22. The van der Waals surface area contributed by atoms with Gasteiger partial charge in [-0.1, -0.05) is 144 Å². The van der Waals surface area contributed by atoms with E-state index in [1.54, 1.807) is 0 Å². The molecule has 0 nitrogen and oxygen atoms in total. The summed E-state index contributed by atoms with van der Waals surface area (Å²) in [6.07, 6.45) is 0. The molecule has 0 amide bonds. The standard InChI is InChI=1S/C29H21.K/c1-5-13-22(14-6-1)26-21-27(23-15-7-2-8-16-23)29(25-19-11-4-12-20-25)28(26)24-17-9-3-10-18-24;/h1-21H;/q-1;+1. The molecule has 0 N–H and O–H groups in total. The molecule has 5 rings (SSSR count). The Morgan fingerprint density at radius 1 is 0.333 bits per heavy atom. The van der Waals surface area contributed by atoms with Gasteiger partial charge >= 0.3 is 51.4 Å². The minimum atomic E-state index is 0. The fraction of sp³-hybridized carbons (Fsp3) is 0. The molecule has 1 heteroatoms. The molecule has 30 heavy (non-hydrogen) atoms. The van der Waals surface area contributed by atoms with Crippen molar-refractivity contribution in [2.45, 2.75) is 0 Å². The molecular weight excluding hydrogens is 387 g/mol. The summed E-state index contributed by atoms with van der Waals surface area (Å²) in [5.41, 5.74) is 10.1. The Bertz CT molecular complexity index is 1110. The van der Waals surface area contributed by atoms with Gasteiger partial charge in [0.25, 0.3) is 0 Å². The maximum Gasteiger partial charge on any atom is 1.00 e. The summed E-state index contributed by atoms with van der Waals surface area (Å²) in [6, 6.07) is 45.2. The first kappa shape index (κ1) is 21.1. The van der Waals surface area contributed by atoms with E-state index in [0.29, 0.717) is 0 Å². The normalized spacial score (nSPS) is 10.4. The van der Waals surface area contributed by atoms with Crippen molar-refractivity contribution in [1.82, 2.24) is 0 Å². The zero-order chi connectivity index (χ0) is 19.5. The van der Waals surface area contributed by atoms with E-state index in [1.807, 2.05) is 0 Å². The first-order valence-corrected chi connectivity index (χ1v) is 9.97. The smallest absolute Gasteiger partial charge is 0.125 e. The molecule has 0 aliphatic carbocycles. The molecule has 138 valence electrons. The van der Waals surface area contributed by atoms with Gasteiger partial charge in [-0.2, -0.15) is 0 Å². The van der Waals surface area contributed by atoms with Crippen LogP contribution in [0.5, 0.6) is 0 Å². The van der Waals surface area contributed by atoms with E-state index in [2.05, 4.69) is 127 Å². The summed E-state index contributed by atoms with van der Waals surface area (Å²) in [5.74, 6) is 0. The second-order valence-corrected chi connectivity index (χ2v) is 7.19. The van der Waals surface area contributed by atoms with Crippen LogP contribution in [0.2, 0.25) is 0 Å². The van der Waals surface area contributed by atoms with E-state index in [0.717, 1.165) is 0 Å². The first-order chi connectivity index (χ1) is 14.4. The summed E-state index contributed by atoms with van der Waals surface area (Å²) in [5, 5.41) is 0. The van der Waals surface area contributed by atoms with E-state index in [1.165, 1.54) is 44.5 Å². The number of benzene rings is 4. The molecule has 5 aromatic rings. The third-order valence-electron chi connectivity index (χ3n) is 5.37. The van der Waals surface area contributed by atoms with Crippen LogP contribution in [-0.4, -0.2) is 0 Å². The Labute approximate surface area is 221 Å². The molecule has 0 saturated carbocycles. The van der Waals surface area contributed by atoms with Gasteiger partial charge in [-0.25, -0.2) is 0 Å². The molecule has 0 fully saturated rings. The molecule has 0 unspecified atom stereocenters. The number of rotatable bonds is 4. The maximum atomic E-state index is 2.36. The summed E-state index contributed by atoms with van der Waals surface area (Å²) in [4.78, 5) is 0. The van der Waals surface area contributed by atoms with Crippen molar-refractivity contribution in [3.63, 3.8) is 0 Å². The van der Waals surface area contributed by atoms with Gasteiger partial charge in [0.05, 0.1) is 0 Å². The number of hydrogen-bond donors (Lipinski definition) is 0. The largest absolute Gasteiger partial charge is 1.00 e. The van der Waals surface area contributed by atoms with Gasteiger partial charge in [0.1, 0.15) is 0 Å². The Morgan fingerprint density at radius 2 is 0.600 bits per heavy atom. The molecular formula is C29H21K. The van der Waals surface area contributed by atoms with E-state index >= 15 is 0 Å². The van der Waals surface area contributed by atoms with E-state index in [-0.39, 0.29) is 51.4 Å². The van der Waals surface area contributed by atoms with Gasteiger partial charge in [0.15, 0.2) is 0 Å². The second-order valence-electron chi connectivity index (χ2n) is 7.19. The van der Waals surface area contributed by atoms with Crippen molar-refractivity contribution in [1.29, 1.82) is 0 Å². The molecule has 0 heterocycles. The topological polar surface area (TPSA) is 0 Å². The predicted octanol–water partition coefficient (Wildman–Crippen LogP) is 5.08. The Balaban J connectivity index is 0.00000218. The predicted molar refractivity (Wildman–Crippen MR) is 124 cm³/mol. The zero-order valence-corrected chi connectivity index (χ0v) is 20.2. The third kappa shape index (κ3) is 4.18. The Morgan fingerprint density at radius 3 is 0.900 bits per heavy atom. The summed E-state index contributed by atoms with van der Waals surface area (Å²) < 4.78 is 0. The van der Waals surface area contributed by atoms with Crippen LogP contribution in [0.15, 0.2) is 127 Å². The second kappa shape index (κ2) is 9.78. The van der Waals surface area contributed by atoms with Gasteiger partial charge in [0, 0.05) is 0 Å². The first-order valence-electron chi connectivity index (χ1n) is 9.97. The van der Waals surface area contributed by atoms with E-state index in [9.17, 15) is 0 Å². The molecule has 0 aliphatic rings. The average molecular weight is 409 g/mol. The molecule has 0 bridgehead atoms. The van der Waals surface area contributed by atoms with Crippen LogP contribution in [0.25, 0.3) is 44.5 Å². The minimum absolute atomic E-state index is 0. The van der Waals surface area contributed by atoms with Crippen LogP contribution in [0, 0.1) is 0 Å². The van der Waals surface area contributed by atoms with Crippen LogP contribution in [0.4, 0.5) is 0 Å². The Hall–Kier alpha value is -2.13. The van der Waals surface area contributed by atoms with Gasteiger partial charge in [-0.15, -0.1) is 28.3 Å². The fourth-order valence-corrected chi connectivity index (χ4v) is 4.06. The van der Waals surface area contributed by atoms with Crippen molar-refractivity contribution in [3.8, 4) is 44.5 Å². The fourth-order valence-electron chi connectivity index (χ4n) is 4.06. The van der Waals surface area contributed by atoms with E-state index in [4.69, 9.17) is 0 Å². The minimum Gasteiger partial charge on any atom is -0.125 e. The SMILES string of the molecule is [K+].c1ccc(-c2[cH-]c(-c3ccccc3)c(-c3ccccc3)c2-c2ccccc2)cc1. The van der Waals surface area contributed by atoms with Crippen molar-refractivity contribution < 1.29 is 51.4 Å². The molecule has 0 radical (unpaired) electrons. The quantitative estimate of drug-likeness (QED) is 0.287. The van der Waals surface area contributed by atoms with Gasteiger partial charge in [-0.3, -0.25) is 0 Å². The van der Waals surface area contributed by atoms with Crippen LogP contribution in [0.3, 0.4) is 0 Å². The van der Waals surface area contributed by atoms with Crippen LogP contribution in [-0.2, 0) is 0 Å². The summed E-state index contributed by atoms with van der Waals surface area (Å²) >= 11 is 0. The summed E-state index contributed by atoms with van der Waals surface area (Å²) in [6.45, 7) is 0. The van der Waals surface area contributed by atoms with Crippen LogP contribution < -0.4 is 51.4 Å². The molecule has 0 aromatic heterocycles. The Kier molecular flexibility index (Phi) is 6.88.